The lowest BCUT2D eigenvalue weighted by Gasteiger charge is -2.03. The molecule has 1 heterocycles. The molecule has 1 aromatic carbocycles. The van der Waals surface area contributed by atoms with E-state index in [2.05, 4.69) is 10.4 Å². The number of rotatable bonds is 4. The van der Waals surface area contributed by atoms with Gasteiger partial charge >= 0.3 is 0 Å². The van der Waals surface area contributed by atoms with Crippen LogP contribution in [0.15, 0.2) is 36.7 Å². The Balaban J connectivity index is 2.11. The minimum atomic E-state index is 0.587. The lowest BCUT2D eigenvalue weighted by molar-refractivity contribution is 0.479. The van der Waals surface area contributed by atoms with Gasteiger partial charge in [-0.05, 0) is 19.2 Å². The molecular formula is C11H12ClN3O. The van der Waals surface area contributed by atoms with Crippen molar-refractivity contribution in [3.05, 3.63) is 41.7 Å². The molecule has 0 amide bonds. The van der Waals surface area contributed by atoms with Crippen LogP contribution in [0.1, 0.15) is 0 Å². The highest BCUT2D eigenvalue weighted by Crippen LogP contribution is 2.28. The second kappa shape index (κ2) is 5.01. The van der Waals surface area contributed by atoms with E-state index in [-0.39, 0.29) is 0 Å². The van der Waals surface area contributed by atoms with Gasteiger partial charge < -0.3 is 10.1 Å². The summed E-state index contributed by atoms with van der Waals surface area (Å²) in [5, 5.41) is 7.70. The topological polar surface area (TPSA) is 39.1 Å². The Bertz CT molecular complexity index is 470. The van der Waals surface area contributed by atoms with E-state index in [1.807, 2.05) is 25.2 Å². The van der Waals surface area contributed by atoms with Gasteiger partial charge in [-0.3, -0.25) is 4.68 Å². The lowest BCUT2D eigenvalue weighted by Crippen LogP contribution is -2.12. The molecule has 0 fully saturated rings. The molecule has 0 aliphatic carbocycles. The third-order valence-corrected chi connectivity index (χ3v) is 2.31. The van der Waals surface area contributed by atoms with Crippen LogP contribution in [0.4, 0.5) is 0 Å². The molecular weight excluding hydrogens is 226 g/mol. The fourth-order valence-corrected chi connectivity index (χ4v) is 1.47. The van der Waals surface area contributed by atoms with Gasteiger partial charge in [0.2, 0.25) is 0 Å². The van der Waals surface area contributed by atoms with Gasteiger partial charge in [0.05, 0.1) is 24.1 Å². The molecule has 0 radical (unpaired) electrons. The minimum absolute atomic E-state index is 0.587. The minimum Gasteiger partial charge on any atom is -0.452 e. The molecule has 1 aromatic heterocycles. The summed E-state index contributed by atoms with van der Waals surface area (Å²) in [5.41, 5.74) is 0. The first-order valence-electron chi connectivity index (χ1n) is 4.89. The summed E-state index contributed by atoms with van der Waals surface area (Å²) < 4.78 is 7.34. The smallest absolute Gasteiger partial charge is 0.165 e. The van der Waals surface area contributed by atoms with E-state index in [0.29, 0.717) is 23.2 Å². The van der Waals surface area contributed by atoms with Crippen LogP contribution in [0, 0.1) is 0 Å². The number of hydrogen-bond donors (Lipinski definition) is 1. The zero-order valence-electron chi connectivity index (χ0n) is 8.85. The van der Waals surface area contributed by atoms with Crippen LogP contribution >= 0.6 is 11.6 Å². The van der Waals surface area contributed by atoms with Gasteiger partial charge in [-0.15, -0.1) is 0 Å². The highest BCUT2D eigenvalue weighted by atomic mass is 35.5. The summed E-state index contributed by atoms with van der Waals surface area (Å²) in [6.45, 7) is 0.645. The Labute approximate surface area is 98.8 Å². The Morgan fingerprint density at radius 3 is 3.00 bits per heavy atom. The van der Waals surface area contributed by atoms with Crippen molar-refractivity contribution in [1.29, 1.82) is 0 Å². The lowest BCUT2D eigenvalue weighted by atomic mass is 10.3. The molecule has 0 bridgehead atoms. The number of halogens is 1. The van der Waals surface area contributed by atoms with Gasteiger partial charge in [-0.1, -0.05) is 23.7 Å². The second-order valence-electron chi connectivity index (χ2n) is 3.26. The molecule has 4 nitrogen and oxygen atoms in total. The quantitative estimate of drug-likeness (QED) is 0.888. The Kier molecular flexibility index (Phi) is 3.44. The molecule has 0 spiro atoms. The van der Waals surface area contributed by atoms with Crippen molar-refractivity contribution in [3.63, 3.8) is 0 Å². The Morgan fingerprint density at radius 2 is 2.25 bits per heavy atom. The molecule has 0 aliphatic heterocycles. The third-order valence-electron chi connectivity index (χ3n) is 1.99. The first-order valence-corrected chi connectivity index (χ1v) is 5.27. The second-order valence-corrected chi connectivity index (χ2v) is 3.67. The van der Waals surface area contributed by atoms with E-state index in [0.717, 1.165) is 0 Å². The van der Waals surface area contributed by atoms with Crippen molar-refractivity contribution in [3.8, 4) is 11.5 Å². The van der Waals surface area contributed by atoms with Crippen molar-refractivity contribution >= 4 is 11.6 Å². The molecule has 0 aliphatic rings. The molecule has 0 saturated heterocycles. The van der Waals surface area contributed by atoms with Crippen LogP contribution in [-0.2, 0) is 6.67 Å². The number of nitrogens with one attached hydrogen (secondary N) is 1. The van der Waals surface area contributed by atoms with Crippen LogP contribution < -0.4 is 10.1 Å². The Hall–Kier alpha value is -1.52. The predicted octanol–water partition coefficient (Wildman–Crippen LogP) is 2.51. The van der Waals surface area contributed by atoms with Crippen LogP contribution in [0.25, 0.3) is 0 Å². The zero-order chi connectivity index (χ0) is 11.4. The number of hydrogen-bond acceptors (Lipinski definition) is 3. The SMILES string of the molecule is CNCn1cc(Oc2ccccc2Cl)cn1. The van der Waals surface area contributed by atoms with E-state index in [4.69, 9.17) is 16.3 Å². The van der Waals surface area contributed by atoms with E-state index in [9.17, 15) is 0 Å². The number of aromatic nitrogens is 2. The van der Waals surface area contributed by atoms with Gasteiger partial charge in [-0.2, -0.15) is 5.10 Å². The van der Waals surface area contributed by atoms with E-state index in [1.165, 1.54) is 0 Å². The van der Waals surface area contributed by atoms with Crippen LogP contribution in [0.2, 0.25) is 5.02 Å². The normalized spacial score (nSPS) is 10.4. The average Bonchev–Trinajstić information content (AvgIpc) is 2.70. The summed E-state index contributed by atoms with van der Waals surface area (Å²) in [6, 6.07) is 7.34. The van der Waals surface area contributed by atoms with Gasteiger partial charge in [-0.25, -0.2) is 0 Å². The molecule has 5 heteroatoms. The number of ether oxygens (including phenoxy) is 1. The molecule has 0 saturated carbocycles. The molecule has 2 rings (SSSR count). The summed E-state index contributed by atoms with van der Waals surface area (Å²) in [4.78, 5) is 0. The van der Waals surface area contributed by atoms with E-state index < -0.39 is 0 Å². The average molecular weight is 238 g/mol. The van der Waals surface area contributed by atoms with Gasteiger partial charge in [0, 0.05) is 0 Å². The molecule has 84 valence electrons. The highest BCUT2D eigenvalue weighted by molar-refractivity contribution is 6.32. The van der Waals surface area contributed by atoms with Crippen molar-refractivity contribution in [2.75, 3.05) is 7.05 Å². The van der Waals surface area contributed by atoms with E-state index >= 15 is 0 Å². The van der Waals surface area contributed by atoms with Crippen LogP contribution in [0.3, 0.4) is 0 Å². The zero-order valence-corrected chi connectivity index (χ0v) is 9.61. The maximum absolute atomic E-state index is 5.98. The summed E-state index contributed by atoms with van der Waals surface area (Å²) in [5.74, 6) is 1.30. The maximum atomic E-state index is 5.98. The fraction of sp³-hybridized carbons (Fsp3) is 0.182. The number of nitrogens with zero attached hydrogens (tertiary/aromatic N) is 2. The van der Waals surface area contributed by atoms with Crippen molar-refractivity contribution in [2.45, 2.75) is 6.67 Å². The summed E-state index contributed by atoms with van der Waals surface area (Å²) >= 11 is 5.98. The maximum Gasteiger partial charge on any atom is 0.165 e. The van der Waals surface area contributed by atoms with Gasteiger partial charge in [0.25, 0.3) is 0 Å². The molecule has 0 unspecified atom stereocenters. The van der Waals surface area contributed by atoms with Gasteiger partial charge in [0.1, 0.15) is 5.75 Å². The summed E-state index contributed by atoms with van der Waals surface area (Å²) in [7, 11) is 1.86. The first kappa shape index (κ1) is 11.0. The standard InChI is InChI=1S/C11H12ClN3O/c1-13-8-15-7-9(6-14-15)16-11-5-3-2-4-10(11)12/h2-7,13H,8H2,1H3. The predicted molar refractivity (Wildman–Crippen MR) is 62.8 cm³/mol. The van der Waals surface area contributed by atoms with Crippen molar-refractivity contribution in [2.24, 2.45) is 0 Å². The van der Waals surface area contributed by atoms with Gasteiger partial charge in [0.15, 0.2) is 5.75 Å². The monoisotopic (exact) mass is 237 g/mol. The van der Waals surface area contributed by atoms with Crippen LogP contribution in [-0.4, -0.2) is 16.8 Å². The highest BCUT2D eigenvalue weighted by Gasteiger charge is 2.03. The third kappa shape index (κ3) is 2.53. The van der Waals surface area contributed by atoms with E-state index in [1.54, 1.807) is 23.1 Å². The molecule has 0 atom stereocenters. The van der Waals surface area contributed by atoms with Crippen molar-refractivity contribution < 1.29 is 4.74 Å². The van der Waals surface area contributed by atoms with Crippen LogP contribution in [0.5, 0.6) is 11.5 Å². The molecule has 1 N–H and O–H groups in total. The fourth-order valence-electron chi connectivity index (χ4n) is 1.30. The Morgan fingerprint density at radius 1 is 1.44 bits per heavy atom. The molecule has 16 heavy (non-hydrogen) atoms. The number of para-hydroxylation sites is 1. The molecule has 2 aromatic rings. The summed E-state index contributed by atoms with van der Waals surface area (Å²) in [6.07, 6.45) is 3.46. The largest absolute Gasteiger partial charge is 0.452 e. The first-order chi connectivity index (χ1) is 7.79. The van der Waals surface area contributed by atoms with Crippen molar-refractivity contribution in [1.82, 2.24) is 15.1 Å². The number of benzene rings is 1.